The number of nitrogens with one attached hydrogen (secondary N) is 1. The molecule has 1 unspecified atom stereocenters. The second kappa shape index (κ2) is 3.39. The van der Waals surface area contributed by atoms with Crippen LogP contribution in [0.15, 0.2) is 18.2 Å². The van der Waals surface area contributed by atoms with E-state index in [1.807, 2.05) is 0 Å². The van der Waals surface area contributed by atoms with Gasteiger partial charge in [-0.2, -0.15) is 0 Å². The lowest BCUT2D eigenvalue weighted by molar-refractivity contribution is 0.231. The van der Waals surface area contributed by atoms with Gasteiger partial charge in [0.1, 0.15) is 0 Å². The third-order valence-electron chi connectivity index (χ3n) is 3.39. The summed E-state index contributed by atoms with van der Waals surface area (Å²) < 4.78 is 0. The summed E-state index contributed by atoms with van der Waals surface area (Å²) in [5.74, 6) is 0. The molecule has 0 aromatic heterocycles. The minimum atomic E-state index is 0.363. The van der Waals surface area contributed by atoms with E-state index >= 15 is 0 Å². The van der Waals surface area contributed by atoms with Crippen LogP contribution in [0, 0.1) is 13.8 Å². The molecule has 1 aliphatic heterocycles. The predicted molar refractivity (Wildman–Crippen MR) is 60.6 cm³/mol. The Morgan fingerprint density at radius 2 is 2.00 bits per heavy atom. The molecule has 0 amide bonds. The van der Waals surface area contributed by atoms with E-state index in [1.165, 1.54) is 29.7 Å². The standard InChI is InChI=1S/C13H19N/c1-10-4-5-12(8-11(10)2)9-13(3)6-7-14-13/h4-5,8,14H,6-7,9H2,1-3H3. The Kier molecular flexibility index (Phi) is 2.36. The van der Waals surface area contributed by atoms with Crippen molar-refractivity contribution in [1.82, 2.24) is 5.32 Å². The molecule has 0 radical (unpaired) electrons. The third-order valence-corrected chi connectivity index (χ3v) is 3.39. The molecule has 1 aromatic carbocycles. The van der Waals surface area contributed by atoms with Crippen molar-refractivity contribution in [2.24, 2.45) is 0 Å². The van der Waals surface area contributed by atoms with Gasteiger partial charge in [-0.15, -0.1) is 0 Å². The van der Waals surface area contributed by atoms with Gasteiger partial charge in [0.05, 0.1) is 0 Å². The fourth-order valence-electron chi connectivity index (χ4n) is 2.07. The zero-order valence-electron chi connectivity index (χ0n) is 9.35. The second-order valence-electron chi connectivity index (χ2n) is 4.83. The maximum atomic E-state index is 3.50. The number of hydrogen-bond acceptors (Lipinski definition) is 1. The van der Waals surface area contributed by atoms with Gasteiger partial charge in [-0.25, -0.2) is 0 Å². The summed E-state index contributed by atoms with van der Waals surface area (Å²) in [5, 5.41) is 3.50. The maximum absolute atomic E-state index is 3.50. The van der Waals surface area contributed by atoms with Crippen LogP contribution in [-0.4, -0.2) is 12.1 Å². The van der Waals surface area contributed by atoms with Crippen LogP contribution in [-0.2, 0) is 6.42 Å². The average molecular weight is 189 g/mol. The fraction of sp³-hybridized carbons (Fsp3) is 0.538. The van der Waals surface area contributed by atoms with E-state index in [0.29, 0.717) is 5.54 Å². The van der Waals surface area contributed by atoms with Gasteiger partial charge in [-0.1, -0.05) is 18.2 Å². The molecule has 1 aliphatic rings. The molecule has 1 fully saturated rings. The molecule has 1 saturated heterocycles. The first-order valence-electron chi connectivity index (χ1n) is 5.40. The van der Waals surface area contributed by atoms with Gasteiger partial charge >= 0.3 is 0 Å². The lowest BCUT2D eigenvalue weighted by Crippen LogP contribution is -2.55. The Hall–Kier alpha value is -0.820. The Morgan fingerprint density at radius 1 is 1.29 bits per heavy atom. The van der Waals surface area contributed by atoms with Gasteiger partial charge in [0.25, 0.3) is 0 Å². The highest BCUT2D eigenvalue weighted by Gasteiger charge is 2.30. The fourth-order valence-corrected chi connectivity index (χ4v) is 2.07. The summed E-state index contributed by atoms with van der Waals surface area (Å²) in [7, 11) is 0. The molecular weight excluding hydrogens is 170 g/mol. The van der Waals surface area contributed by atoms with E-state index in [1.54, 1.807) is 0 Å². The van der Waals surface area contributed by atoms with Gasteiger partial charge in [0.15, 0.2) is 0 Å². The molecule has 76 valence electrons. The van der Waals surface area contributed by atoms with Gasteiger partial charge in [0.2, 0.25) is 0 Å². The van der Waals surface area contributed by atoms with Crippen molar-refractivity contribution in [1.29, 1.82) is 0 Å². The number of aryl methyl sites for hydroxylation is 2. The van der Waals surface area contributed by atoms with E-state index in [2.05, 4.69) is 44.3 Å². The Balaban J connectivity index is 2.13. The monoisotopic (exact) mass is 189 g/mol. The minimum absolute atomic E-state index is 0.363. The first kappa shape index (κ1) is 9.72. The van der Waals surface area contributed by atoms with Gasteiger partial charge in [0, 0.05) is 5.54 Å². The SMILES string of the molecule is Cc1ccc(CC2(C)CCN2)cc1C. The van der Waals surface area contributed by atoms with Crippen molar-refractivity contribution in [3.63, 3.8) is 0 Å². The van der Waals surface area contributed by atoms with Gasteiger partial charge < -0.3 is 5.32 Å². The highest BCUT2D eigenvalue weighted by Crippen LogP contribution is 2.24. The zero-order valence-corrected chi connectivity index (χ0v) is 9.35. The van der Waals surface area contributed by atoms with Crippen molar-refractivity contribution < 1.29 is 0 Å². The van der Waals surface area contributed by atoms with E-state index in [4.69, 9.17) is 0 Å². The number of rotatable bonds is 2. The Labute approximate surface area is 86.5 Å². The quantitative estimate of drug-likeness (QED) is 0.754. The molecule has 1 heterocycles. The molecule has 0 saturated carbocycles. The zero-order chi connectivity index (χ0) is 10.2. The molecule has 1 N–H and O–H groups in total. The second-order valence-corrected chi connectivity index (χ2v) is 4.83. The largest absolute Gasteiger partial charge is 0.311 e. The molecule has 1 aromatic rings. The maximum Gasteiger partial charge on any atom is 0.0205 e. The van der Waals surface area contributed by atoms with Crippen LogP contribution in [0.1, 0.15) is 30.0 Å². The minimum Gasteiger partial charge on any atom is -0.311 e. The summed E-state index contributed by atoms with van der Waals surface area (Å²) in [4.78, 5) is 0. The summed E-state index contributed by atoms with van der Waals surface area (Å²) in [6, 6.07) is 6.81. The van der Waals surface area contributed by atoms with Crippen molar-refractivity contribution >= 4 is 0 Å². The lowest BCUT2D eigenvalue weighted by atomic mass is 9.83. The van der Waals surface area contributed by atoms with Crippen LogP contribution in [0.5, 0.6) is 0 Å². The molecule has 0 bridgehead atoms. The van der Waals surface area contributed by atoms with Crippen molar-refractivity contribution in [2.45, 2.75) is 39.2 Å². The normalized spacial score (nSPS) is 25.9. The summed E-state index contributed by atoms with van der Waals surface area (Å²) >= 11 is 0. The molecule has 0 aliphatic carbocycles. The van der Waals surface area contributed by atoms with Crippen molar-refractivity contribution in [3.05, 3.63) is 34.9 Å². The predicted octanol–water partition coefficient (Wildman–Crippen LogP) is 2.60. The van der Waals surface area contributed by atoms with Crippen LogP contribution in [0.4, 0.5) is 0 Å². The van der Waals surface area contributed by atoms with Crippen molar-refractivity contribution in [2.75, 3.05) is 6.54 Å². The third kappa shape index (κ3) is 1.83. The highest BCUT2D eigenvalue weighted by molar-refractivity contribution is 5.31. The van der Waals surface area contributed by atoms with E-state index in [-0.39, 0.29) is 0 Å². The molecule has 2 rings (SSSR count). The van der Waals surface area contributed by atoms with Crippen LogP contribution in [0.3, 0.4) is 0 Å². The summed E-state index contributed by atoms with van der Waals surface area (Å²) in [6.07, 6.45) is 2.47. The van der Waals surface area contributed by atoms with Crippen LogP contribution in [0.25, 0.3) is 0 Å². The molecule has 1 atom stereocenters. The highest BCUT2D eigenvalue weighted by atomic mass is 15.0. The first-order chi connectivity index (χ1) is 6.59. The van der Waals surface area contributed by atoms with E-state index < -0.39 is 0 Å². The Morgan fingerprint density at radius 3 is 2.50 bits per heavy atom. The van der Waals surface area contributed by atoms with Crippen LogP contribution >= 0.6 is 0 Å². The lowest BCUT2D eigenvalue weighted by Gasteiger charge is -2.40. The summed E-state index contributed by atoms with van der Waals surface area (Å²) in [5.41, 5.74) is 4.62. The topological polar surface area (TPSA) is 12.0 Å². The molecule has 0 spiro atoms. The molecule has 14 heavy (non-hydrogen) atoms. The summed E-state index contributed by atoms with van der Waals surface area (Å²) in [6.45, 7) is 7.85. The average Bonchev–Trinajstić information content (AvgIpc) is 2.09. The Bertz CT molecular complexity index is 337. The molecule has 1 nitrogen and oxygen atoms in total. The van der Waals surface area contributed by atoms with Gasteiger partial charge in [-0.3, -0.25) is 0 Å². The van der Waals surface area contributed by atoms with Crippen LogP contribution in [0.2, 0.25) is 0 Å². The van der Waals surface area contributed by atoms with Crippen molar-refractivity contribution in [3.8, 4) is 0 Å². The smallest absolute Gasteiger partial charge is 0.0205 e. The molecular formula is C13H19N. The number of hydrogen-bond donors (Lipinski definition) is 1. The molecule has 1 heteroatoms. The van der Waals surface area contributed by atoms with E-state index in [0.717, 1.165) is 6.42 Å². The van der Waals surface area contributed by atoms with Crippen LogP contribution < -0.4 is 5.32 Å². The number of benzene rings is 1. The van der Waals surface area contributed by atoms with Gasteiger partial charge in [-0.05, 0) is 56.8 Å². The van der Waals surface area contributed by atoms with E-state index in [9.17, 15) is 0 Å². The first-order valence-corrected chi connectivity index (χ1v) is 5.40.